The van der Waals surface area contributed by atoms with Crippen LogP contribution in [0.1, 0.15) is 84.5 Å². The summed E-state index contributed by atoms with van der Waals surface area (Å²) in [5.41, 5.74) is 0. The Morgan fingerprint density at radius 2 is 1.62 bits per heavy atom. The summed E-state index contributed by atoms with van der Waals surface area (Å²) < 4.78 is 10.9. The van der Waals surface area contributed by atoms with E-state index < -0.39 is 49.5 Å². The Hall–Kier alpha value is -1.07. The van der Waals surface area contributed by atoms with Crippen molar-refractivity contribution in [2.75, 3.05) is 13.2 Å². The van der Waals surface area contributed by atoms with E-state index in [2.05, 4.69) is 19.2 Å². The predicted octanol–water partition coefficient (Wildman–Crippen LogP) is 1.54. The maximum Gasteiger partial charge on any atom is 0.220 e. The molecule has 0 bridgehead atoms. The van der Waals surface area contributed by atoms with E-state index in [1.54, 1.807) is 6.08 Å². The lowest BCUT2D eigenvalue weighted by molar-refractivity contribution is -0.302. The van der Waals surface area contributed by atoms with E-state index in [1.807, 2.05) is 6.08 Å². The van der Waals surface area contributed by atoms with Crippen molar-refractivity contribution in [2.45, 2.75) is 127 Å². The minimum absolute atomic E-state index is 0.189. The fourth-order valence-electron chi connectivity index (χ4n) is 3.86. The van der Waals surface area contributed by atoms with Gasteiger partial charge >= 0.3 is 0 Å². The molecule has 0 saturated carbocycles. The molecule has 6 N–H and O–H groups in total. The van der Waals surface area contributed by atoms with Gasteiger partial charge in [-0.3, -0.25) is 4.79 Å². The molecule has 1 aliphatic heterocycles. The lowest BCUT2D eigenvalue weighted by atomic mass is 9.99. The molecule has 9 nitrogen and oxygen atoms in total. The highest BCUT2D eigenvalue weighted by atomic mass is 16.7. The lowest BCUT2D eigenvalue weighted by Crippen LogP contribution is -2.60. The summed E-state index contributed by atoms with van der Waals surface area (Å²) in [5.74, 6) is -0.200. The summed E-state index contributed by atoms with van der Waals surface area (Å²) in [6.45, 7) is 3.52. The van der Waals surface area contributed by atoms with Crippen molar-refractivity contribution in [3.8, 4) is 0 Å². The second-order valence-electron chi connectivity index (χ2n) is 9.14. The predicted molar refractivity (Wildman–Crippen MR) is 129 cm³/mol. The molecular weight excluding hydrogens is 442 g/mol. The van der Waals surface area contributed by atoms with Crippen molar-refractivity contribution in [3.05, 3.63) is 12.2 Å². The van der Waals surface area contributed by atoms with Crippen LogP contribution in [0.5, 0.6) is 0 Å². The number of aliphatic hydroxyl groups excluding tert-OH is 5. The number of hydrogen-bond donors (Lipinski definition) is 6. The number of nitrogens with one attached hydrogen (secondary N) is 1. The van der Waals surface area contributed by atoms with Gasteiger partial charge < -0.3 is 40.3 Å². The molecule has 0 radical (unpaired) electrons. The van der Waals surface area contributed by atoms with Crippen LogP contribution in [0.3, 0.4) is 0 Å². The van der Waals surface area contributed by atoms with Crippen LogP contribution >= 0.6 is 0 Å². The SMILES string of the molecule is CCCCCC/C=C/C(O)C(COC1OC(CO)C(O)C(O)C1O)NC(=O)CCCCCCC. The molecule has 1 heterocycles. The monoisotopic (exact) mass is 489 g/mol. The molecule has 1 saturated heterocycles. The van der Waals surface area contributed by atoms with Crippen molar-refractivity contribution in [1.29, 1.82) is 0 Å². The number of amides is 1. The third kappa shape index (κ3) is 11.6. The first-order valence-electron chi connectivity index (χ1n) is 12.9. The molecule has 0 aromatic heterocycles. The van der Waals surface area contributed by atoms with Crippen molar-refractivity contribution in [3.63, 3.8) is 0 Å². The van der Waals surface area contributed by atoms with Crippen LogP contribution in [0.2, 0.25) is 0 Å². The zero-order valence-corrected chi connectivity index (χ0v) is 20.8. The number of hydrogen-bond acceptors (Lipinski definition) is 8. The summed E-state index contributed by atoms with van der Waals surface area (Å²) in [7, 11) is 0. The number of ether oxygens (including phenoxy) is 2. The minimum Gasteiger partial charge on any atom is -0.394 e. The molecule has 0 aromatic rings. The van der Waals surface area contributed by atoms with Gasteiger partial charge in [-0.15, -0.1) is 0 Å². The number of carbonyl (C=O) groups is 1. The molecule has 0 aromatic carbocycles. The Bertz CT molecular complexity index is 559. The van der Waals surface area contributed by atoms with Gasteiger partial charge in [-0.05, 0) is 19.3 Å². The molecule has 0 aliphatic carbocycles. The van der Waals surface area contributed by atoms with Crippen LogP contribution in [0.15, 0.2) is 12.2 Å². The standard InChI is InChI=1S/C25H47NO8/c1-3-5-7-9-11-12-14-19(28)18(26-21(29)15-13-10-8-6-4-2)17-33-25-24(32)23(31)22(30)20(16-27)34-25/h12,14,18-20,22-25,27-28,30-32H,3-11,13,15-17H2,1-2H3,(H,26,29)/b14-12+. The molecular formula is C25H47NO8. The number of rotatable bonds is 18. The van der Waals surface area contributed by atoms with Crippen LogP contribution in [-0.2, 0) is 14.3 Å². The molecule has 1 fully saturated rings. The molecule has 1 amide bonds. The van der Waals surface area contributed by atoms with Gasteiger partial charge in [0.25, 0.3) is 0 Å². The van der Waals surface area contributed by atoms with Crippen molar-refractivity contribution >= 4 is 5.91 Å². The zero-order chi connectivity index (χ0) is 25.3. The zero-order valence-electron chi connectivity index (χ0n) is 20.8. The van der Waals surface area contributed by atoms with Crippen molar-refractivity contribution in [1.82, 2.24) is 5.32 Å². The number of unbranched alkanes of at least 4 members (excludes halogenated alkanes) is 8. The Morgan fingerprint density at radius 3 is 2.26 bits per heavy atom. The van der Waals surface area contributed by atoms with E-state index in [-0.39, 0.29) is 12.5 Å². The molecule has 9 heteroatoms. The van der Waals surface area contributed by atoms with Crippen LogP contribution in [0.4, 0.5) is 0 Å². The average molecular weight is 490 g/mol. The summed E-state index contributed by atoms with van der Waals surface area (Å²) in [5, 5.41) is 52.9. The first-order chi connectivity index (χ1) is 16.3. The normalized spacial score (nSPS) is 27.1. The number of carbonyl (C=O) groups excluding carboxylic acids is 1. The molecule has 7 unspecified atom stereocenters. The van der Waals surface area contributed by atoms with Crippen LogP contribution in [0.25, 0.3) is 0 Å². The average Bonchev–Trinajstić information content (AvgIpc) is 2.83. The molecule has 1 rings (SSSR count). The first kappa shape index (κ1) is 31.0. The number of aliphatic hydroxyl groups is 5. The van der Waals surface area contributed by atoms with Gasteiger partial charge in [-0.2, -0.15) is 0 Å². The third-order valence-electron chi connectivity index (χ3n) is 6.11. The van der Waals surface area contributed by atoms with Gasteiger partial charge in [0, 0.05) is 6.42 Å². The van der Waals surface area contributed by atoms with E-state index in [0.717, 1.165) is 57.8 Å². The van der Waals surface area contributed by atoms with Crippen molar-refractivity contribution in [2.24, 2.45) is 0 Å². The van der Waals surface area contributed by atoms with E-state index >= 15 is 0 Å². The largest absolute Gasteiger partial charge is 0.394 e. The minimum atomic E-state index is -1.56. The van der Waals surface area contributed by atoms with Crippen LogP contribution < -0.4 is 5.32 Å². The van der Waals surface area contributed by atoms with Gasteiger partial charge in [0.05, 0.1) is 25.4 Å². The molecule has 1 aliphatic rings. The third-order valence-corrected chi connectivity index (χ3v) is 6.11. The summed E-state index contributed by atoms with van der Waals surface area (Å²) in [6.07, 6.45) is 6.20. The second-order valence-corrected chi connectivity index (χ2v) is 9.14. The van der Waals surface area contributed by atoms with Crippen LogP contribution in [0, 0.1) is 0 Å². The van der Waals surface area contributed by atoms with Gasteiger partial charge in [-0.1, -0.05) is 70.9 Å². The lowest BCUT2D eigenvalue weighted by Gasteiger charge is -2.40. The maximum absolute atomic E-state index is 12.5. The van der Waals surface area contributed by atoms with E-state index in [1.165, 1.54) is 6.42 Å². The topological polar surface area (TPSA) is 149 Å². The second kappa shape index (κ2) is 18.2. The Kier molecular flexibility index (Phi) is 16.6. The molecule has 7 atom stereocenters. The fraction of sp³-hybridized carbons (Fsp3) is 0.880. The number of allylic oxidation sites excluding steroid dienone is 1. The summed E-state index contributed by atoms with van der Waals surface area (Å²) in [6, 6.07) is -0.789. The molecule has 0 spiro atoms. The Balaban J connectivity index is 2.68. The van der Waals surface area contributed by atoms with Gasteiger partial charge in [-0.25, -0.2) is 0 Å². The highest BCUT2D eigenvalue weighted by Gasteiger charge is 2.44. The maximum atomic E-state index is 12.5. The smallest absolute Gasteiger partial charge is 0.220 e. The highest BCUT2D eigenvalue weighted by molar-refractivity contribution is 5.76. The van der Waals surface area contributed by atoms with Gasteiger partial charge in [0.2, 0.25) is 5.91 Å². The summed E-state index contributed by atoms with van der Waals surface area (Å²) >= 11 is 0. The van der Waals surface area contributed by atoms with Gasteiger partial charge in [0.1, 0.15) is 24.4 Å². The first-order valence-corrected chi connectivity index (χ1v) is 12.9. The van der Waals surface area contributed by atoms with Gasteiger partial charge in [0.15, 0.2) is 6.29 Å². The highest BCUT2D eigenvalue weighted by Crippen LogP contribution is 2.22. The van der Waals surface area contributed by atoms with E-state index in [9.17, 15) is 30.3 Å². The molecule has 34 heavy (non-hydrogen) atoms. The quantitative estimate of drug-likeness (QED) is 0.125. The molecule has 200 valence electrons. The van der Waals surface area contributed by atoms with E-state index in [4.69, 9.17) is 9.47 Å². The van der Waals surface area contributed by atoms with E-state index in [0.29, 0.717) is 6.42 Å². The fourth-order valence-corrected chi connectivity index (χ4v) is 3.86. The van der Waals surface area contributed by atoms with Crippen molar-refractivity contribution < 1.29 is 39.8 Å². The Labute approximate surface area is 204 Å². The van der Waals surface area contributed by atoms with Crippen LogP contribution in [-0.4, -0.2) is 87.5 Å². The summed E-state index contributed by atoms with van der Waals surface area (Å²) in [4.78, 5) is 12.5. The Morgan fingerprint density at radius 1 is 0.971 bits per heavy atom.